The van der Waals surface area contributed by atoms with Gasteiger partial charge in [0.2, 0.25) is 5.95 Å². The summed E-state index contributed by atoms with van der Waals surface area (Å²) in [6, 6.07) is 14.6. The Morgan fingerprint density at radius 3 is 2.19 bits per heavy atom. The molecule has 1 amide bonds. The van der Waals surface area contributed by atoms with Crippen LogP contribution in [0.1, 0.15) is 10.4 Å². The average molecular weight is 400 g/mol. The summed E-state index contributed by atoms with van der Waals surface area (Å²) in [5.74, 6) is -0.280. The van der Waals surface area contributed by atoms with Crippen molar-refractivity contribution in [1.82, 2.24) is 9.97 Å². The van der Waals surface area contributed by atoms with Crippen LogP contribution in [0.2, 0.25) is 0 Å². The van der Waals surface area contributed by atoms with Gasteiger partial charge in [0.15, 0.2) is 0 Å². The fraction of sp³-hybridized carbons (Fsp3) is 0.0556. The van der Waals surface area contributed by atoms with E-state index < -0.39 is 10.0 Å². The molecule has 2 N–H and O–H groups in total. The molecule has 138 valence electrons. The summed E-state index contributed by atoms with van der Waals surface area (Å²) < 4.78 is 27.0. The Hall–Kier alpha value is -2.91. The van der Waals surface area contributed by atoms with Crippen molar-refractivity contribution in [3.63, 3.8) is 0 Å². The van der Waals surface area contributed by atoms with E-state index >= 15 is 0 Å². The van der Waals surface area contributed by atoms with Crippen molar-refractivity contribution in [1.29, 1.82) is 0 Å². The Morgan fingerprint density at radius 1 is 0.963 bits per heavy atom. The molecule has 1 heterocycles. The number of sulfonamides is 1. The lowest BCUT2D eigenvalue weighted by Gasteiger charge is -2.08. The van der Waals surface area contributed by atoms with Gasteiger partial charge in [-0.05, 0) is 60.9 Å². The Morgan fingerprint density at radius 2 is 1.59 bits per heavy atom. The van der Waals surface area contributed by atoms with E-state index in [-0.39, 0.29) is 16.8 Å². The first-order valence-electron chi connectivity index (χ1n) is 7.83. The maximum absolute atomic E-state index is 12.3. The van der Waals surface area contributed by atoms with E-state index in [1.54, 1.807) is 30.0 Å². The minimum atomic E-state index is -3.81. The molecular formula is C18H16N4O3S2. The van der Waals surface area contributed by atoms with Gasteiger partial charge >= 0.3 is 0 Å². The number of hydrogen-bond donors (Lipinski definition) is 2. The van der Waals surface area contributed by atoms with Crippen LogP contribution in [-0.2, 0) is 10.0 Å². The van der Waals surface area contributed by atoms with Crippen molar-refractivity contribution < 1.29 is 13.2 Å². The molecule has 0 bridgehead atoms. The normalized spacial score (nSPS) is 11.0. The van der Waals surface area contributed by atoms with Crippen LogP contribution in [0.25, 0.3) is 0 Å². The maximum atomic E-state index is 12.3. The van der Waals surface area contributed by atoms with Crippen molar-refractivity contribution in [3.8, 4) is 0 Å². The van der Waals surface area contributed by atoms with E-state index in [0.717, 1.165) is 4.90 Å². The number of aromatic nitrogens is 2. The molecule has 27 heavy (non-hydrogen) atoms. The first-order valence-corrected chi connectivity index (χ1v) is 10.5. The molecule has 0 spiro atoms. The molecule has 3 aromatic rings. The van der Waals surface area contributed by atoms with Crippen molar-refractivity contribution in [2.24, 2.45) is 0 Å². The van der Waals surface area contributed by atoms with Crippen LogP contribution < -0.4 is 10.0 Å². The summed E-state index contributed by atoms with van der Waals surface area (Å²) in [7, 11) is -3.81. The van der Waals surface area contributed by atoms with Gasteiger partial charge in [0.05, 0.1) is 4.90 Å². The molecule has 0 saturated heterocycles. The third-order valence-corrected chi connectivity index (χ3v) is 5.65. The molecule has 0 unspecified atom stereocenters. The van der Waals surface area contributed by atoms with Gasteiger partial charge in [-0.15, -0.1) is 11.8 Å². The van der Waals surface area contributed by atoms with Crippen LogP contribution >= 0.6 is 11.8 Å². The monoisotopic (exact) mass is 400 g/mol. The molecule has 0 aliphatic rings. The van der Waals surface area contributed by atoms with Gasteiger partial charge in [0.1, 0.15) is 0 Å². The maximum Gasteiger partial charge on any atom is 0.264 e. The van der Waals surface area contributed by atoms with Gasteiger partial charge < -0.3 is 5.32 Å². The smallest absolute Gasteiger partial charge is 0.264 e. The largest absolute Gasteiger partial charge is 0.322 e. The second-order valence-corrected chi connectivity index (χ2v) is 7.95. The van der Waals surface area contributed by atoms with Crippen LogP contribution in [0.3, 0.4) is 0 Å². The summed E-state index contributed by atoms with van der Waals surface area (Å²) in [5.41, 5.74) is 1.01. The molecule has 7 nitrogen and oxygen atoms in total. The lowest BCUT2D eigenvalue weighted by atomic mass is 10.2. The zero-order chi connectivity index (χ0) is 19.3. The van der Waals surface area contributed by atoms with Crippen LogP contribution in [0.5, 0.6) is 0 Å². The summed E-state index contributed by atoms with van der Waals surface area (Å²) in [4.78, 5) is 21.0. The number of carbonyl (C=O) groups is 1. The predicted molar refractivity (Wildman–Crippen MR) is 105 cm³/mol. The predicted octanol–water partition coefficient (Wildman–Crippen LogP) is 3.25. The van der Waals surface area contributed by atoms with Crippen molar-refractivity contribution in [3.05, 3.63) is 72.6 Å². The van der Waals surface area contributed by atoms with Crippen LogP contribution in [0.4, 0.5) is 11.6 Å². The zero-order valence-corrected chi connectivity index (χ0v) is 15.9. The van der Waals surface area contributed by atoms with E-state index in [9.17, 15) is 13.2 Å². The number of benzene rings is 2. The number of nitrogens with zero attached hydrogens (tertiary/aromatic N) is 2. The van der Waals surface area contributed by atoms with Crippen LogP contribution in [-0.4, -0.2) is 30.5 Å². The summed E-state index contributed by atoms with van der Waals surface area (Å²) >= 11 is 1.59. The van der Waals surface area contributed by atoms with Gasteiger partial charge in [-0.25, -0.2) is 23.1 Å². The lowest BCUT2D eigenvalue weighted by Crippen LogP contribution is -2.15. The average Bonchev–Trinajstić information content (AvgIpc) is 2.69. The minimum Gasteiger partial charge on any atom is -0.322 e. The number of anilines is 2. The molecule has 0 radical (unpaired) electrons. The number of carbonyl (C=O) groups excluding carboxylic acids is 1. The number of hydrogen-bond acceptors (Lipinski definition) is 6. The Labute approximate surface area is 161 Å². The highest BCUT2D eigenvalue weighted by Crippen LogP contribution is 2.18. The second-order valence-electron chi connectivity index (χ2n) is 5.38. The SMILES string of the molecule is CSc1ccc(C(=O)Nc2ccc(S(=O)(=O)Nc3ncccn3)cc2)cc1. The number of amides is 1. The number of thioether (sulfide) groups is 1. The van der Waals surface area contributed by atoms with E-state index in [0.29, 0.717) is 11.3 Å². The van der Waals surface area contributed by atoms with Gasteiger partial charge in [-0.2, -0.15) is 0 Å². The standard InChI is InChI=1S/C18H16N4O3S2/c1-26-15-7-3-13(4-8-15)17(23)21-14-5-9-16(10-6-14)27(24,25)22-18-19-11-2-12-20-18/h2-12H,1H3,(H,21,23)(H,19,20,22). The third-order valence-electron chi connectivity index (χ3n) is 3.57. The first kappa shape index (κ1) is 18.9. The molecular weight excluding hydrogens is 384 g/mol. The molecule has 9 heteroatoms. The molecule has 0 aliphatic heterocycles. The van der Waals surface area contributed by atoms with Crippen molar-refractivity contribution in [2.45, 2.75) is 9.79 Å². The molecule has 3 rings (SSSR count). The molecule has 0 saturated carbocycles. The van der Waals surface area contributed by atoms with E-state index in [4.69, 9.17) is 0 Å². The molecule has 2 aromatic carbocycles. The fourth-order valence-electron chi connectivity index (χ4n) is 2.19. The van der Waals surface area contributed by atoms with Gasteiger partial charge in [0, 0.05) is 28.5 Å². The van der Waals surface area contributed by atoms with Crippen molar-refractivity contribution in [2.75, 3.05) is 16.3 Å². The molecule has 0 aliphatic carbocycles. The molecule has 0 atom stereocenters. The van der Waals surface area contributed by atoms with Crippen molar-refractivity contribution >= 4 is 39.3 Å². The Balaban J connectivity index is 1.70. The van der Waals surface area contributed by atoms with Gasteiger partial charge in [-0.3, -0.25) is 4.79 Å². The van der Waals surface area contributed by atoms with Crippen LogP contribution in [0, 0.1) is 0 Å². The summed E-state index contributed by atoms with van der Waals surface area (Å²) in [6.07, 6.45) is 4.84. The quantitative estimate of drug-likeness (QED) is 0.616. The second kappa shape index (κ2) is 8.19. The van der Waals surface area contributed by atoms with Gasteiger partial charge in [0.25, 0.3) is 15.9 Å². The lowest BCUT2D eigenvalue weighted by molar-refractivity contribution is 0.102. The number of rotatable bonds is 6. The van der Waals surface area contributed by atoms with E-state index in [2.05, 4.69) is 20.0 Å². The third kappa shape index (κ3) is 4.83. The zero-order valence-electron chi connectivity index (χ0n) is 14.3. The van der Waals surface area contributed by atoms with E-state index in [1.807, 2.05) is 18.4 Å². The first-order chi connectivity index (χ1) is 13.0. The number of nitrogens with one attached hydrogen (secondary N) is 2. The summed E-state index contributed by atoms with van der Waals surface area (Å²) in [6.45, 7) is 0. The topological polar surface area (TPSA) is 101 Å². The van der Waals surface area contributed by atoms with Gasteiger partial charge in [-0.1, -0.05) is 0 Å². The van der Waals surface area contributed by atoms with E-state index in [1.165, 1.54) is 36.7 Å². The Kier molecular flexibility index (Phi) is 5.72. The van der Waals surface area contributed by atoms with Crippen LogP contribution in [0.15, 0.2) is 76.8 Å². The minimum absolute atomic E-state index is 0.0106. The Bertz CT molecular complexity index is 1020. The fourth-order valence-corrected chi connectivity index (χ4v) is 3.56. The highest BCUT2D eigenvalue weighted by molar-refractivity contribution is 7.98. The molecule has 1 aromatic heterocycles. The summed E-state index contributed by atoms with van der Waals surface area (Å²) in [5, 5.41) is 2.74. The molecule has 0 fully saturated rings. The highest BCUT2D eigenvalue weighted by atomic mass is 32.2. The highest BCUT2D eigenvalue weighted by Gasteiger charge is 2.15.